The quantitative estimate of drug-likeness (QED) is 0.417. The summed E-state index contributed by atoms with van der Waals surface area (Å²) in [6, 6.07) is 5.70. The highest BCUT2D eigenvalue weighted by Gasteiger charge is 2.20. The largest absolute Gasteiger partial charge is 0.480 e. The number of benzene rings is 1. The first-order valence-corrected chi connectivity index (χ1v) is 6.59. The fourth-order valence-electron chi connectivity index (χ4n) is 1.85. The molecule has 6 nitrogen and oxygen atoms in total. The summed E-state index contributed by atoms with van der Waals surface area (Å²) in [6.07, 6.45) is 1.99. The number of amides is 1. The predicted octanol–water partition coefficient (Wildman–Crippen LogP) is 0.841. The van der Waals surface area contributed by atoms with Gasteiger partial charge in [-0.3, -0.25) is 4.79 Å². The number of anilines is 1. The van der Waals surface area contributed by atoms with Crippen LogP contribution in [0.3, 0.4) is 0 Å². The topological polar surface area (TPSA) is 104 Å². The minimum Gasteiger partial charge on any atom is -0.480 e. The lowest BCUT2D eigenvalue weighted by Gasteiger charge is -2.15. The Morgan fingerprint density at radius 2 is 2.00 bits per heavy atom. The molecule has 0 bridgehead atoms. The van der Waals surface area contributed by atoms with Crippen LogP contribution in [0.15, 0.2) is 24.3 Å². The number of carbonyl (C=O) groups excluding carboxylic acids is 1. The Morgan fingerprint density at radius 1 is 1.30 bits per heavy atom. The van der Waals surface area contributed by atoms with Gasteiger partial charge in [-0.25, -0.2) is 4.79 Å². The molecule has 0 heterocycles. The molecule has 1 amide bonds. The number of unbranched alkanes of at least 4 members (excludes halogenated alkanes) is 1. The Kier molecular flexibility index (Phi) is 6.52. The monoisotopic (exact) mass is 279 g/mol. The van der Waals surface area contributed by atoms with Gasteiger partial charge in [-0.2, -0.15) is 0 Å². The fourth-order valence-corrected chi connectivity index (χ4v) is 1.85. The van der Waals surface area contributed by atoms with E-state index in [0.29, 0.717) is 17.7 Å². The fraction of sp³-hybridized carbons (Fsp3) is 0.429. The summed E-state index contributed by atoms with van der Waals surface area (Å²) in [4.78, 5) is 23.2. The van der Waals surface area contributed by atoms with E-state index in [1.165, 1.54) is 0 Å². The molecule has 1 aromatic rings. The second-order valence-electron chi connectivity index (χ2n) is 4.55. The van der Waals surface area contributed by atoms with Crippen molar-refractivity contribution < 1.29 is 14.7 Å². The highest BCUT2D eigenvalue weighted by molar-refractivity contribution is 6.00. The summed E-state index contributed by atoms with van der Waals surface area (Å²) in [6.45, 7) is 0.825. The van der Waals surface area contributed by atoms with E-state index < -0.39 is 17.9 Å². The van der Waals surface area contributed by atoms with E-state index >= 15 is 0 Å². The highest BCUT2D eigenvalue weighted by Crippen LogP contribution is 2.11. The van der Waals surface area contributed by atoms with Crippen LogP contribution in [0.4, 0.5) is 5.69 Å². The zero-order valence-electron chi connectivity index (χ0n) is 11.6. The van der Waals surface area contributed by atoms with Gasteiger partial charge in [0.1, 0.15) is 6.04 Å². The number of nitrogens with one attached hydrogen (secondary N) is 2. The van der Waals surface area contributed by atoms with Gasteiger partial charge in [0.25, 0.3) is 5.91 Å². The van der Waals surface area contributed by atoms with Crippen molar-refractivity contribution in [2.24, 2.45) is 0 Å². The number of rotatable bonds is 8. The first kappa shape index (κ1) is 16.0. The normalized spacial score (nSPS) is 11.8. The molecule has 0 aliphatic carbocycles. The van der Waals surface area contributed by atoms with Crippen LogP contribution < -0.4 is 16.4 Å². The molecule has 0 aromatic heterocycles. The van der Waals surface area contributed by atoms with Gasteiger partial charge in [0.05, 0.1) is 5.56 Å². The van der Waals surface area contributed by atoms with E-state index in [9.17, 15) is 9.59 Å². The summed E-state index contributed by atoms with van der Waals surface area (Å²) in [5.74, 6) is -1.48. The van der Waals surface area contributed by atoms with Crippen LogP contribution in [-0.4, -0.2) is 36.6 Å². The lowest BCUT2D eigenvalue weighted by Crippen LogP contribution is -2.41. The van der Waals surface area contributed by atoms with Gasteiger partial charge in [0, 0.05) is 5.69 Å². The van der Waals surface area contributed by atoms with Crippen LogP contribution >= 0.6 is 0 Å². The minimum absolute atomic E-state index is 0.300. The van der Waals surface area contributed by atoms with Crippen LogP contribution in [0.25, 0.3) is 0 Å². The van der Waals surface area contributed by atoms with Crippen molar-refractivity contribution in [3.63, 3.8) is 0 Å². The molecular weight excluding hydrogens is 258 g/mol. The standard InChI is InChI=1S/C14H21N3O3/c1-16-9-5-4-8-12(14(19)20)17-13(18)10-6-2-3-7-11(10)15/h2-3,6-7,12,16H,4-5,8-9,15H2,1H3,(H,17,18)(H,19,20)/t12-/m0/s1. The molecule has 0 saturated carbocycles. The zero-order chi connectivity index (χ0) is 15.0. The van der Waals surface area contributed by atoms with E-state index in [4.69, 9.17) is 10.8 Å². The van der Waals surface area contributed by atoms with E-state index in [-0.39, 0.29) is 0 Å². The third-order valence-electron chi connectivity index (χ3n) is 2.98. The Balaban J connectivity index is 2.59. The highest BCUT2D eigenvalue weighted by atomic mass is 16.4. The van der Waals surface area contributed by atoms with Gasteiger partial charge < -0.3 is 21.5 Å². The maximum absolute atomic E-state index is 12.0. The number of carboxylic acid groups (broad SMARTS) is 1. The molecule has 0 fully saturated rings. The third-order valence-corrected chi connectivity index (χ3v) is 2.98. The van der Waals surface area contributed by atoms with E-state index in [1.54, 1.807) is 24.3 Å². The average molecular weight is 279 g/mol. The average Bonchev–Trinajstić information content (AvgIpc) is 2.42. The molecule has 0 saturated heterocycles. The SMILES string of the molecule is CNCCCC[C@H](NC(=O)c1ccccc1N)C(=O)O. The van der Waals surface area contributed by atoms with Crippen molar-refractivity contribution in [1.29, 1.82) is 0 Å². The summed E-state index contributed by atoms with van der Waals surface area (Å²) in [5.41, 5.74) is 6.33. The molecule has 0 radical (unpaired) electrons. The molecule has 0 aliphatic heterocycles. The van der Waals surface area contributed by atoms with Crippen LogP contribution in [-0.2, 0) is 4.79 Å². The van der Waals surface area contributed by atoms with Crippen molar-refractivity contribution in [3.05, 3.63) is 29.8 Å². The number of nitrogens with two attached hydrogens (primary N) is 1. The summed E-state index contributed by atoms with van der Waals surface area (Å²) in [5, 5.41) is 14.6. The smallest absolute Gasteiger partial charge is 0.326 e. The minimum atomic E-state index is -1.03. The Labute approximate surface area is 118 Å². The summed E-state index contributed by atoms with van der Waals surface area (Å²) >= 11 is 0. The number of hydrogen-bond donors (Lipinski definition) is 4. The first-order chi connectivity index (χ1) is 9.56. The number of nitrogen functional groups attached to an aromatic ring is 1. The van der Waals surface area contributed by atoms with E-state index in [1.807, 2.05) is 7.05 Å². The molecule has 110 valence electrons. The van der Waals surface area contributed by atoms with Gasteiger partial charge >= 0.3 is 5.97 Å². The Hall–Kier alpha value is -2.08. The first-order valence-electron chi connectivity index (χ1n) is 6.59. The second kappa shape index (κ2) is 8.16. The third kappa shape index (κ3) is 4.89. The predicted molar refractivity (Wildman–Crippen MR) is 77.5 cm³/mol. The van der Waals surface area contributed by atoms with Crippen LogP contribution in [0.5, 0.6) is 0 Å². The lowest BCUT2D eigenvalue weighted by atomic mass is 10.1. The van der Waals surface area contributed by atoms with Crippen molar-refractivity contribution in [2.45, 2.75) is 25.3 Å². The molecule has 0 aliphatic rings. The van der Waals surface area contributed by atoms with Crippen molar-refractivity contribution in [2.75, 3.05) is 19.3 Å². The zero-order valence-corrected chi connectivity index (χ0v) is 11.6. The van der Waals surface area contributed by atoms with E-state index in [0.717, 1.165) is 19.4 Å². The number of carbonyl (C=O) groups is 2. The van der Waals surface area contributed by atoms with Crippen molar-refractivity contribution in [1.82, 2.24) is 10.6 Å². The number of hydrogen-bond acceptors (Lipinski definition) is 4. The molecule has 6 heteroatoms. The maximum Gasteiger partial charge on any atom is 0.326 e. The molecule has 0 spiro atoms. The van der Waals surface area contributed by atoms with Gasteiger partial charge in [-0.15, -0.1) is 0 Å². The van der Waals surface area contributed by atoms with Gasteiger partial charge in [-0.05, 0) is 45.0 Å². The molecule has 20 heavy (non-hydrogen) atoms. The van der Waals surface area contributed by atoms with Crippen molar-refractivity contribution in [3.8, 4) is 0 Å². The summed E-state index contributed by atoms with van der Waals surface area (Å²) < 4.78 is 0. The molecule has 5 N–H and O–H groups in total. The van der Waals surface area contributed by atoms with Crippen LogP contribution in [0.1, 0.15) is 29.6 Å². The van der Waals surface area contributed by atoms with E-state index in [2.05, 4.69) is 10.6 Å². The van der Waals surface area contributed by atoms with Gasteiger partial charge in [-0.1, -0.05) is 12.1 Å². The molecule has 0 unspecified atom stereocenters. The number of carboxylic acids is 1. The number of para-hydroxylation sites is 1. The van der Waals surface area contributed by atoms with Gasteiger partial charge in [0.2, 0.25) is 0 Å². The van der Waals surface area contributed by atoms with Gasteiger partial charge in [0.15, 0.2) is 0 Å². The Morgan fingerprint density at radius 3 is 2.60 bits per heavy atom. The van der Waals surface area contributed by atoms with Crippen LogP contribution in [0.2, 0.25) is 0 Å². The molecular formula is C14H21N3O3. The summed E-state index contributed by atoms with van der Waals surface area (Å²) in [7, 11) is 1.84. The molecule has 1 aromatic carbocycles. The van der Waals surface area contributed by atoms with Crippen molar-refractivity contribution >= 4 is 17.6 Å². The molecule has 1 rings (SSSR count). The number of aliphatic carboxylic acids is 1. The molecule has 1 atom stereocenters. The maximum atomic E-state index is 12.0. The second-order valence-corrected chi connectivity index (χ2v) is 4.55. The Bertz CT molecular complexity index is 463. The van der Waals surface area contributed by atoms with Crippen LogP contribution in [0, 0.1) is 0 Å². The lowest BCUT2D eigenvalue weighted by molar-refractivity contribution is -0.139.